The van der Waals surface area contributed by atoms with Crippen molar-refractivity contribution >= 4 is 17.9 Å². The van der Waals surface area contributed by atoms with Crippen LogP contribution >= 0.6 is 0 Å². The molecule has 0 bridgehead atoms. The molecule has 0 radical (unpaired) electrons. The zero-order valence-corrected chi connectivity index (χ0v) is 20.6. The van der Waals surface area contributed by atoms with Crippen molar-refractivity contribution in [1.82, 2.24) is 15.5 Å². The fourth-order valence-electron chi connectivity index (χ4n) is 3.53. The van der Waals surface area contributed by atoms with E-state index in [9.17, 15) is 19.5 Å². The lowest BCUT2D eigenvalue weighted by atomic mass is 9.97. The molecule has 0 aromatic heterocycles. The highest BCUT2D eigenvalue weighted by atomic mass is 16.6. The van der Waals surface area contributed by atoms with Crippen molar-refractivity contribution in [3.63, 3.8) is 0 Å². The van der Waals surface area contributed by atoms with Crippen molar-refractivity contribution in [3.05, 3.63) is 70.8 Å². The largest absolute Gasteiger partial charge is 0.444 e. The van der Waals surface area contributed by atoms with Gasteiger partial charge in [0.25, 0.3) is 0 Å². The molecule has 8 nitrogen and oxygen atoms in total. The molecular weight excluding hydrogens is 434 g/mol. The van der Waals surface area contributed by atoms with Crippen LogP contribution in [0.25, 0.3) is 0 Å². The second-order valence-corrected chi connectivity index (χ2v) is 9.13. The number of benzene rings is 2. The number of aryl methyl sites for hydroxylation is 2. The molecule has 0 heterocycles. The molecule has 3 N–H and O–H groups in total. The SMILES string of the molecule is Cc1ccc(C(C(=O)NCc2ccccc2)N(CCO)C(=O)CNC(=O)OC(C)(C)C)c(C)c1. The molecule has 34 heavy (non-hydrogen) atoms. The lowest BCUT2D eigenvalue weighted by Crippen LogP contribution is -2.48. The number of ether oxygens (including phenoxy) is 1. The summed E-state index contributed by atoms with van der Waals surface area (Å²) in [6.45, 7) is 8.49. The van der Waals surface area contributed by atoms with Crippen molar-refractivity contribution in [2.45, 2.75) is 52.8 Å². The van der Waals surface area contributed by atoms with Crippen molar-refractivity contribution in [1.29, 1.82) is 0 Å². The summed E-state index contributed by atoms with van der Waals surface area (Å²) in [6, 6.07) is 14.1. The molecule has 184 valence electrons. The van der Waals surface area contributed by atoms with Crippen LogP contribution in [0.3, 0.4) is 0 Å². The van der Waals surface area contributed by atoms with Crippen LogP contribution in [-0.4, -0.2) is 53.2 Å². The van der Waals surface area contributed by atoms with E-state index >= 15 is 0 Å². The predicted molar refractivity (Wildman–Crippen MR) is 130 cm³/mol. The number of carbonyl (C=O) groups excluding carboxylic acids is 3. The van der Waals surface area contributed by atoms with Gasteiger partial charge in [-0.1, -0.05) is 54.1 Å². The minimum Gasteiger partial charge on any atom is -0.444 e. The molecule has 0 aliphatic carbocycles. The van der Waals surface area contributed by atoms with Crippen LogP contribution in [0.15, 0.2) is 48.5 Å². The van der Waals surface area contributed by atoms with Gasteiger partial charge in [0.1, 0.15) is 18.2 Å². The molecule has 2 aromatic carbocycles. The summed E-state index contributed by atoms with van der Waals surface area (Å²) in [7, 11) is 0. The highest BCUT2D eigenvalue weighted by molar-refractivity contribution is 5.90. The number of rotatable bonds is 9. The van der Waals surface area contributed by atoms with Crippen LogP contribution in [0.5, 0.6) is 0 Å². The van der Waals surface area contributed by atoms with E-state index in [2.05, 4.69) is 10.6 Å². The van der Waals surface area contributed by atoms with Crippen molar-refractivity contribution in [2.75, 3.05) is 19.7 Å². The van der Waals surface area contributed by atoms with Gasteiger partial charge in [-0.3, -0.25) is 9.59 Å². The topological polar surface area (TPSA) is 108 Å². The van der Waals surface area contributed by atoms with E-state index in [1.54, 1.807) is 20.8 Å². The lowest BCUT2D eigenvalue weighted by Gasteiger charge is -2.32. The number of hydrogen-bond donors (Lipinski definition) is 3. The van der Waals surface area contributed by atoms with Gasteiger partial charge in [-0.15, -0.1) is 0 Å². The Labute approximate surface area is 201 Å². The first kappa shape index (κ1) is 26.9. The second-order valence-electron chi connectivity index (χ2n) is 9.13. The number of nitrogens with zero attached hydrogens (tertiary/aromatic N) is 1. The van der Waals surface area contributed by atoms with Crippen molar-refractivity contribution in [2.24, 2.45) is 0 Å². The molecule has 1 unspecified atom stereocenters. The number of amides is 3. The molecule has 0 saturated carbocycles. The maximum atomic E-state index is 13.4. The fraction of sp³-hybridized carbons (Fsp3) is 0.423. The number of aliphatic hydroxyl groups is 1. The number of nitrogens with one attached hydrogen (secondary N) is 2. The molecule has 0 aliphatic rings. The molecule has 8 heteroatoms. The molecule has 0 fully saturated rings. The van der Waals surface area contributed by atoms with Gasteiger partial charge in [0.05, 0.1) is 6.61 Å². The highest BCUT2D eigenvalue weighted by Crippen LogP contribution is 2.26. The first-order valence-corrected chi connectivity index (χ1v) is 11.3. The van der Waals surface area contributed by atoms with E-state index in [-0.39, 0.29) is 25.6 Å². The molecule has 3 amide bonds. The molecule has 0 aliphatic heterocycles. The summed E-state index contributed by atoms with van der Waals surface area (Å²) in [5.74, 6) is -0.894. The van der Waals surface area contributed by atoms with Gasteiger partial charge < -0.3 is 25.4 Å². The molecule has 0 saturated heterocycles. The van der Waals surface area contributed by atoms with Gasteiger partial charge in [-0.2, -0.15) is 0 Å². The summed E-state index contributed by atoms with van der Waals surface area (Å²) in [5.41, 5.74) is 2.72. The Morgan fingerprint density at radius 3 is 2.29 bits per heavy atom. The Morgan fingerprint density at radius 2 is 1.71 bits per heavy atom. The first-order chi connectivity index (χ1) is 16.0. The number of carbonyl (C=O) groups is 3. The first-order valence-electron chi connectivity index (χ1n) is 11.3. The Balaban J connectivity index is 2.29. The third-order valence-corrected chi connectivity index (χ3v) is 5.03. The van der Waals surface area contributed by atoms with Gasteiger partial charge >= 0.3 is 6.09 Å². The van der Waals surface area contributed by atoms with Gasteiger partial charge in [0.2, 0.25) is 11.8 Å². The monoisotopic (exact) mass is 469 g/mol. The Bertz CT molecular complexity index is 986. The standard InChI is InChI=1S/C26H35N3O5/c1-18-11-12-21(19(2)15-18)23(24(32)27-16-20-9-7-6-8-10-20)29(13-14-30)22(31)17-28-25(33)34-26(3,4)5/h6-12,15,23,30H,13-14,16-17H2,1-5H3,(H,27,32)(H,28,33). The Morgan fingerprint density at radius 1 is 1.03 bits per heavy atom. The zero-order valence-electron chi connectivity index (χ0n) is 20.6. The number of hydrogen-bond acceptors (Lipinski definition) is 5. The number of alkyl carbamates (subject to hydrolysis) is 1. The van der Waals surface area contributed by atoms with Crippen LogP contribution < -0.4 is 10.6 Å². The minimum absolute atomic E-state index is 0.0778. The maximum absolute atomic E-state index is 13.4. The normalized spacial score (nSPS) is 11.9. The van der Waals surface area contributed by atoms with E-state index < -0.39 is 23.6 Å². The fourth-order valence-corrected chi connectivity index (χ4v) is 3.53. The minimum atomic E-state index is -0.982. The zero-order chi connectivity index (χ0) is 25.3. The van der Waals surface area contributed by atoms with Crippen molar-refractivity contribution in [3.8, 4) is 0 Å². The summed E-state index contributed by atoms with van der Waals surface area (Å²) in [6.07, 6.45) is -0.735. The molecule has 2 rings (SSSR count). The second kappa shape index (κ2) is 12.2. The van der Waals surface area contributed by atoms with E-state index in [1.165, 1.54) is 4.90 Å². The lowest BCUT2D eigenvalue weighted by molar-refractivity contribution is -0.140. The average Bonchev–Trinajstić information content (AvgIpc) is 2.76. The van der Waals surface area contributed by atoms with E-state index in [0.717, 1.165) is 16.7 Å². The predicted octanol–water partition coefficient (Wildman–Crippen LogP) is 3.01. The van der Waals surface area contributed by atoms with Crippen LogP contribution in [0, 0.1) is 13.8 Å². The Hall–Kier alpha value is -3.39. The Kier molecular flexibility index (Phi) is 9.62. The summed E-state index contributed by atoms with van der Waals surface area (Å²) in [4.78, 5) is 39.9. The third-order valence-electron chi connectivity index (χ3n) is 5.03. The smallest absolute Gasteiger partial charge is 0.408 e. The molecular formula is C26H35N3O5. The summed E-state index contributed by atoms with van der Waals surface area (Å²) >= 11 is 0. The number of aliphatic hydroxyl groups excluding tert-OH is 1. The quantitative estimate of drug-likeness (QED) is 0.523. The highest BCUT2D eigenvalue weighted by Gasteiger charge is 2.32. The van der Waals surface area contributed by atoms with Crippen molar-refractivity contribution < 1.29 is 24.2 Å². The van der Waals surface area contributed by atoms with Gasteiger partial charge in [-0.25, -0.2) is 4.79 Å². The maximum Gasteiger partial charge on any atom is 0.408 e. The van der Waals surface area contributed by atoms with Crippen LogP contribution in [0.4, 0.5) is 4.79 Å². The van der Waals surface area contributed by atoms with Gasteiger partial charge in [0.15, 0.2) is 0 Å². The summed E-state index contributed by atoms with van der Waals surface area (Å²) in [5, 5.41) is 15.0. The van der Waals surface area contributed by atoms with Crippen LogP contribution in [-0.2, 0) is 20.9 Å². The van der Waals surface area contributed by atoms with E-state index in [0.29, 0.717) is 12.1 Å². The van der Waals surface area contributed by atoms with Gasteiger partial charge in [-0.05, 0) is 51.3 Å². The third kappa shape index (κ3) is 8.19. The average molecular weight is 470 g/mol. The summed E-state index contributed by atoms with van der Waals surface area (Å²) < 4.78 is 5.19. The molecule has 2 aromatic rings. The molecule has 0 spiro atoms. The van der Waals surface area contributed by atoms with E-state index in [1.807, 2.05) is 62.4 Å². The van der Waals surface area contributed by atoms with Crippen LogP contribution in [0.1, 0.15) is 49.1 Å². The molecule has 1 atom stereocenters. The van der Waals surface area contributed by atoms with Gasteiger partial charge in [0, 0.05) is 13.1 Å². The van der Waals surface area contributed by atoms with Crippen LogP contribution in [0.2, 0.25) is 0 Å². The van der Waals surface area contributed by atoms with E-state index in [4.69, 9.17) is 4.74 Å².